The largest absolute Gasteiger partial charge is 0.489 e. The van der Waals surface area contributed by atoms with Crippen molar-refractivity contribution in [2.75, 3.05) is 6.61 Å². The third kappa shape index (κ3) is 7.15. The molecule has 0 bridgehead atoms. The summed E-state index contributed by atoms with van der Waals surface area (Å²) in [5.74, 6) is 1.71. The average Bonchev–Trinajstić information content (AvgIpc) is 2.87. The summed E-state index contributed by atoms with van der Waals surface area (Å²) in [5.41, 5.74) is 1.10. The van der Waals surface area contributed by atoms with Crippen molar-refractivity contribution in [2.45, 2.75) is 41.4 Å². The molecule has 0 aliphatic rings. The van der Waals surface area contributed by atoms with Crippen molar-refractivity contribution in [1.82, 2.24) is 0 Å². The third-order valence-electron chi connectivity index (χ3n) is 5.17. The molecule has 3 nitrogen and oxygen atoms in total. The van der Waals surface area contributed by atoms with E-state index < -0.39 is 0 Å². The summed E-state index contributed by atoms with van der Waals surface area (Å²) < 4.78 is 19.7. The minimum atomic E-state index is -0.279. The lowest BCUT2D eigenvalue weighted by molar-refractivity contribution is -0.0622. The molecule has 1 atom stereocenters. The Labute approximate surface area is 237 Å². The lowest BCUT2D eigenvalue weighted by Gasteiger charge is -2.18. The summed E-state index contributed by atoms with van der Waals surface area (Å²) in [6, 6.07) is 34.0. The first-order chi connectivity index (χ1) is 17.0. The Kier molecular flexibility index (Phi) is 9.76. The van der Waals surface area contributed by atoms with Crippen LogP contribution < -0.4 is 9.47 Å². The molecule has 4 aromatic carbocycles. The second-order valence-corrected chi connectivity index (χ2v) is 12.1. The van der Waals surface area contributed by atoms with Gasteiger partial charge < -0.3 is 14.2 Å². The van der Waals surface area contributed by atoms with Gasteiger partial charge in [0.2, 0.25) is 0 Å². The molecule has 0 heterocycles. The second-order valence-electron chi connectivity index (χ2n) is 7.72. The zero-order valence-corrected chi connectivity index (χ0v) is 24.7. The van der Waals surface area contributed by atoms with E-state index in [2.05, 4.69) is 142 Å². The Hall–Kier alpha value is -1.75. The summed E-state index contributed by atoms with van der Waals surface area (Å²) in [4.78, 5) is 3.87. The van der Waals surface area contributed by atoms with Gasteiger partial charge in [-0.3, -0.25) is 0 Å². The van der Waals surface area contributed by atoms with Crippen LogP contribution in [0.1, 0.15) is 19.4 Å². The molecule has 0 aliphatic heterocycles. The molecule has 0 aliphatic carbocycles. The van der Waals surface area contributed by atoms with E-state index in [4.69, 9.17) is 14.2 Å². The molecule has 180 valence electrons. The zero-order valence-electron chi connectivity index (χ0n) is 19.6. The lowest BCUT2D eigenvalue weighted by atomic mass is 10.2. The van der Waals surface area contributed by atoms with Crippen molar-refractivity contribution >= 4 is 56.1 Å². The quantitative estimate of drug-likeness (QED) is 0.0943. The molecule has 0 saturated carbocycles. The van der Waals surface area contributed by atoms with E-state index in [0.29, 0.717) is 13.2 Å². The van der Waals surface area contributed by atoms with Gasteiger partial charge in [-0.05, 0) is 125 Å². The van der Waals surface area contributed by atoms with Crippen LogP contribution in [0.25, 0.3) is 0 Å². The highest BCUT2D eigenvalue weighted by atomic mass is 127. The number of benzene rings is 4. The lowest BCUT2D eigenvalue weighted by Crippen LogP contribution is -2.17. The first-order valence-electron chi connectivity index (χ1n) is 11.4. The molecule has 0 saturated heterocycles. The highest BCUT2D eigenvalue weighted by molar-refractivity contribution is 14.1. The summed E-state index contributed by atoms with van der Waals surface area (Å²) in [6.07, 6.45) is -0.279. The van der Waals surface area contributed by atoms with E-state index in [9.17, 15) is 0 Å². The number of halogens is 2. The number of hydrogen-bond donors (Lipinski definition) is 0. The van der Waals surface area contributed by atoms with E-state index in [1.165, 1.54) is 14.7 Å². The van der Waals surface area contributed by atoms with Gasteiger partial charge in [0.1, 0.15) is 18.1 Å². The zero-order chi connectivity index (χ0) is 24.6. The smallest absolute Gasteiger partial charge is 0.197 e. The third-order valence-corrected chi connectivity index (χ3v) is 9.00. The van der Waals surface area contributed by atoms with Gasteiger partial charge in [-0.25, -0.2) is 0 Å². The highest BCUT2D eigenvalue weighted by Gasteiger charge is 2.28. The van der Waals surface area contributed by atoms with Crippen LogP contribution in [0.5, 0.6) is 11.5 Å². The predicted octanol–water partition coefficient (Wildman–Crippen LogP) is 8.33. The first-order valence-corrected chi connectivity index (χ1v) is 14.8. The summed E-state index contributed by atoms with van der Waals surface area (Å²) in [7, 11) is -0.160. The van der Waals surface area contributed by atoms with E-state index in [1.807, 2.05) is 13.8 Å². The maximum Gasteiger partial charge on any atom is 0.197 e. The molecule has 35 heavy (non-hydrogen) atoms. The molecule has 4 rings (SSSR count). The van der Waals surface area contributed by atoms with Crippen LogP contribution in [0, 0.1) is 7.14 Å². The summed E-state index contributed by atoms with van der Waals surface area (Å²) in [5, 5.41) is 0. The Morgan fingerprint density at radius 1 is 0.743 bits per heavy atom. The molecule has 0 fully saturated rings. The SMILES string of the molecule is CCOC(C)Oc1c(I)cc(COc2ccc([S+](c3ccccc3)c3ccccc3)cc2)cc1I. The van der Waals surface area contributed by atoms with Crippen LogP contribution >= 0.6 is 45.2 Å². The molecule has 0 radical (unpaired) electrons. The molecule has 6 heteroatoms. The first kappa shape index (κ1) is 26.3. The monoisotopic (exact) mass is 709 g/mol. The minimum absolute atomic E-state index is 0.160. The standard InChI is InChI=1S/C29H27I2O3S/c1-3-32-21(2)34-29-27(30)18-22(19-28(29)31)20-33-23-14-16-26(17-15-23)35(24-10-6-4-7-11-24)25-12-8-5-9-13-25/h4-19,21H,3,20H2,1-2H3/q+1. The van der Waals surface area contributed by atoms with Gasteiger partial charge in [-0.2, -0.15) is 0 Å². The van der Waals surface area contributed by atoms with Crippen molar-refractivity contribution in [1.29, 1.82) is 0 Å². The van der Waals surface area contributed by atoms with Gasteiger partial charge in [0.15, 0.2) is 21.0 Å². The number of ether oxygens (including phenoxy) is 3. The Balaban J connectivity index is 1.47. The average molecular weight is 709 g/mol. The maximum absolute atomic E-state index is 6.14. The Morgan fingerprint density at radius 2 is 1.26 bits per heavy atom. The number of rotatable bonds is 10. The molecule has 0 amide bonds. The molecule has 4 aromatic rings. The van der Waals surface area contributed by atoms with Crippen LogP contribution in [0.2, 0.25) is 0 Å². The van der Waals surface area contributed by atoms with Crippen LogP contribution in [-0.4, -0.2) is 12.9 Å². The van der Waals surface area contributed by atoms with Gasteiger partial charge in [-0.15, -0.1) is 0 Å². The van der Waals surface area contributed by atoms with E-state index in [-0.39, 0.29) is 17.2 Å². The van der Waals surface area contributed by atoms with Gasteiger partial charge in [0.25, 0.3) is 0 Å². The van der Waals surface area contributed by atoms with Crippen molar-refractivity contribution < 1.29 is 14.2 Å². The topological polar surface area (TPSA) is 27.7 Å². The molecule has 0 spiro atoms. The fourth-order valence-corrected chi connectivity index (χ4v) is 7.84. The second kappa shape index (κ2) is 13.0. The van der Waals surface area contributed by atoms with Crippen molar-refractivity contribution in [3.8, 4) is 11.5 Å². The predicted molar refractivity (Wildman–Crippen MR) is 159 cm³/mol. The van der Waals surface area contributed by atoms with E-state index >= 15 is 0 Å². The normalized spacial score (nSPS) is 11.9. The number of hydrogen-bond acceptors (Lipinski definition) is 3. The van der Waals surface area contributed by atoms with Crippen LogP contribution in [-0.2, 0) is 22.2 Å². The van der Waals surface area contributed by atoms with Crippen molar-refractivity contribution in [3.63, 3.8) is 0 Å². The molecule has 1 unspecified atom stereocenters. The molecular weight excluding hydrogens is 682 g/mol. The highest BCUT2D eigenvalue weighted by Crippen LogP contribution is 2.33. The maximum atomic E-state index is 6.14. The van der Waals surface area contributed by atoms with Crippen LogP contribution in [0.3, 0.4) is 0 Å². The Morgan fingerprint density at radius 3 is 1.77 bits per heavy atom. The van der Waals surface area contributed by atoms with E-state index in [1.54, 1.807) is 0 Å². The van der Waals surface area contributed by atoms with Gasteiger partial charge in [0, 0.05) is 6.61 Å². The fourth-order valence-electron chi connectivity index (χ4n) is 3.60. The van der Waals surface area contributed by atoms with Crippen molar-refractivity contribution in [2.24, 2.45) is 0 Å². The van der Waals surface area contributed by atoms with Gasteiger partial charge in [-0.1, -0.05) is 36.4 Å². The fraction of sp³-hybridized carbons (Fsp3) is 0.172. The van der Waals surface area contributed by atoms with Crippen LogP contribution in [0.4, 0.5) is 0 Å². The van der Waals surface area contributed by atoms with Crippen molar-refractivity contribution in [3.05, 3.63) is 110 Å². The van der Waals surface area contributed by atoms with Gasteiger partial charge >= 0.3 is 0 Å². The van der Waals surface area contributed by atoms with E-state index in [0.717, 1.165) is 24.2 Å². The minimum Gasteiger partial charge on any atom is -0.489 e. The molecule has 0 aromatic heterocycles. The Bertz CT molecular complexity index is 1160. The molecule has 0 N–H and O–H groups in total. The van der Waals surface area contributed by atoms with Gasteiger partial charge in [0.05, 0.1) is 18.0 Å². The molecular formula is C29H27I2O3S+. The van der Waals surface area contributed by atoms with Crippen LogP contribution in [0.15, 0.2) is 112 Å². The summed E-state index contributed by atoms with van der Waals surface area (Å²) >= 11 is 4.62. The summed E-state index contributed by atoms with van der Waals surface area (Å²) in [6.45, 7) is 5.00.